The van der Waals surface area contributed by atoms with Gasteiger partial charge >= 0.3 is 0 Å². The molecule has 0 saturated carbocycles. The predicted octanol–water partition coefficient (Wildman–Crippen LogP) is 6.10. The number of nitro benzene ring substituents is 1. The number of fused-ring (bicyclic) bond motifs is 1. The average molecular weight is 566 g/mol. The molecule has 2 aliphatic heterocycles. The van der Waals surface area contributed by atoms with E-state index in [2.05, 4.69) is 22.0 Å². The van der Waals surface area contributed by atoms with Gasteiger partial charge in [-0.25, -0.2) is 4.99 Å². The minimum Gasteiger partial charge on any atom is -0.494 e. The Bertz CT molecular complexity index is 1620. The van der Waals surface area contributed by atoms with Crippen molar-refractivity contribution in [2.75, 3.05) is 26.2 Å². The molecular formula is C33H35N5O4. The van der Waals surface area contributed by atoms with Gasteiger partial charge in [-0.15, -0.1) is 0 Å². The Morgan fingerprint density at radius 2 is 1.64 bits per heavy atom. The fraction of sp³-hybridized carbons (Fsp3) is 0.333. The number of aromatic nitrogens is 1. The number of piperidine rings is 1. The molecule has 0 spiro atoms. The third-order valence-electron chi connectivity index (χ3n) is 8.31. The lowest BCUT2D eigenvalue weighted by Gasteiger charge is -2.26. The van der Waals surface area contributed by atoms with Gasteiger partial charge in [0.05, 0.1) is 21.9 Å². The number of hydrogen-bond donors (Lipinski definition) is 2. The highest BCUT2D eigenvalue weighted by atomic mass is 16.6. The number of nitrogens with one attached hydrogen (secondary N) is 1. The molecule has 3 heterocycles. The number of aromatic hydroxyl groups is 1. The van der Waals surface area contributed by atoms with Gasteiger partial charge in [0.15, 0.2) is 5.88 Å². The van der Waals surface area contributed by atoms with Crippen LogP contribution in [0.3, 0.4) is 0 Å². The zero-order chi connectivity index (χ0) is 29.1. The topological polar surface area (TPSA) is 115 Å². The Balaban J connectivity index is 1.34. The maximum atomic E-state index is 12.2. The van der Waals surface area contributed by atoms with Gasteiger partial charge in [0.1, 0.15) is 0 Å². The van der Waals surface area contributed by atoms with E-state index in [0.29, 0.717) is 35.1 Å². The summed E-state index contributed by atoms with van der Waals surface area (Å²) in [6.07, 6.45) is 5.89. The number of benzene rings is 3. The smallest absolute Gasteiger partial charge is 0.270 e. The monoisotopic (exact) mass is 565 g/mol. The second-order valence-electron chi connectivity index (χ2n) is 11.2. The Morgan fingerprint density at radius 3 is 2.36 bits per heavy atom. The number of aliphatic imine (C=N–C) groups is 1. The number of H-pyrrole nitrogens is 1. The van der Waals surface area contributed by atoms with Crippen molar-refractivity contribution >= 4 is 33.9 Å². The highest BCUT2D eigenvalue weighted by molar-refractivity contribution is 6.22. The fourth-order valence-corrected chi connectivity index (χ4v) is 5.98. The third-order valence-corrected chi connectivity index (χ3v) is 8.31. The summed E-state index contributed by atoms with van der Waals surface area (Å²) < 4.78 is 0. The number of non-ortho nitro benzene ring substituents is 1. The number of nitro groups is 1. The molecule has 3 aromatic carbocycles. The van der Waals surface area contributed by atoms with Gasteiger partial charge in [-0.05, 0) is 74.5 Å². The molecule has 2 saturated heterocycles. The second kappa shape index (κ2) is 12.2. The molecule has 9 heteroatoms. The Kier molecular flexibility index (Phi) is 8.01. The first-order valence-electron chi connectivity index (χ1n) is 14.7. The van der Waals surface area contributed by atoms with E-state index < -0.39 is 4.92 Å². The summed E-state index contributed by atoms with van der Waals surface area (Å²) in [7, 11) is 0. The van der Waals surface area contributed by atoms with Crippen LogP contribution in [0.1, 0.15) is 54.4 Å². The molecule has 1 amide bonds. The van der Waals surface area contributed by atoms with E-state index in [0.717, 1.165) is 62.3 Å². The molecule has 2 fully saturated rings. The van der Waals surface area contributed by atoms with E-state index in [9.17, 15) is 20.0 Å². The van der Waals surface area contributed by atoms with Crippen LogP contribution in [-0.4, -0.2) is 62.6 Å². The summed E-state index contributed by atoms with van der Waals surface area (Å²) in [5.41, 5.74) is 5.28. The van der Waals surface area contributed by atoms with Crippen molar-refractivity contribution in [3.8, 4) is 5.88 Å². The number of rotatable bonds is 9. The minimum atomic E-state index is -0.439. The molecule has 0 bridgehead atoms. The molecule has 0 unspecified atom stereocenters. The van der Waals surface area contributed by atoms with Gasteiger partial charge in [0.2, 0.25) is 5.91 Å². The number of carbonyl (C=O) groups excluding carboxylic acids is 1. The van der Waals surface area contributed by atoms with E-state index >= 15 is 0 Å². The zero-order valence-electron chi connectivity index (χ0n) is 23.6. The SMILES string of the molecule is O=C1CCCCN1CCc1ccc(C(=Nc2ccc(CN3CCCC3)cc2)c2c(O)[nH]c3ccc([N+](=O)[O-])cc23)cc1. The molecule has 6 rings (SSSR count). The van der Waals surface area contributed by atoms with Crippen LogP contribution in [0.25, 0.3) is 10.9 Å². The summed E-state index contributed by atoms with van der Waals surface area (Å²) in [6.45, 7) is 4.67. The van der Waals surface area contributed by atoms with E-state index in [1.54, 1.807) is 6.07 Å². The zero-order valence-corrected chi connectivity index (χ0v) is 23.6. The highest BCUT2D eigenvalue weighted by Gasteiger charge is 2.22. The van der Waals surface area contributed by atoms with E-state index in [1.165, 1.54) is 30.5 Å². The van der Waals surface area contributed by atoms with Gasteiger partial charge in [-0.1, -0.05) is 36.4 Å². The van der Waals surface area contributed by atoms with Crippen molar-refractivity contribution in [1.29, 1.82) is 0 Å². The lowest BCUT2D eigenvalue weighted by atomic mass is 9.98. The summed E-state index contributed by atoms with van der Waals surface area (Å²) in [5.74, 6) is 0.130. The molecule has 0 atom stereocenters. The number of amides is 1. The number of likely N-dealkylation sites (tertiary alicyclic amines) is 2. The van der Waals surface area contributed by atoms with Crippen LogP contribution >= 0.6 is 0 Å². The van der Waals surface area contributed by atoms with Crippen molar-refractivity contribution in [3.63, 3.8) is 0 Å². The molecule has 0 aliphatic carbocycles. The lowest BCUT2D eigenvalue weighted by Crippen LogP contribution is -2.36. The first-order chi connectivity index (χ1) is 20.4. The van der Waals surface area contributed by atoms with Gasteiger partial charge in [-0.3, -0.25) is 19.8 Å². The van der Waals surface area contributed by atoms with Crippen LogP contribution < -0.4 is 0 Å². The van der Waals surface area contributed by atoms with E-state index in [1.807, 2.05) is 41.3 Å². The van der Waals surface area contributed by atoms with Crippen molar-refractivity contribution in [2.45, 2.75) is 45.1 Å². The molecule has 9 nitrogen and oxygen atoms in total. The van der Waals surface area contributed by atoms with Crippen molar-refractivity contribution < 1.29 is 14.8 Å². The normalized spacial score (nSPS) is 16.4. The predicted molar refractivity (Wildman–Crippen MR) is 163 cm³/mol. The Morgan fingerprint density at radius 1 is 0.929 bits per heavy atom. The first kappa shape index (κ1) is 27.7. The van der Waals surface area contributed by atoms with Crippen LogP contribution in [0.5, 0.6) is 5.88 Å². The molecule has 2 N–H and O–H groups in total. The maximum Gasteiger partial charge on any atom is 0.270 e. The molecule has 1 aromatic heterocycles. The number of carbonyl (C=O) groups is 1. The van der Waals surface area contributed by atoms with Gasteiger partial charge in [-0.2, -0.15) is 0 Å². The maximum absolute atomic E-state index is 12.2. The van der Waals surface area contributed by atoms with Crippen LogP contribution in [-0.2, 0) is 17.8 Å². The quantitative estimate of drug-likeness (QED) is 0.145. The van der Waals surface area contributed by atoms with Gasteiger partial charge in [0.25, 0.3) is 5.69 Å². The molecule has 216 valence electrons. The summed E-state index contributed by atoms with van der Waals surface area (Å²) in [5, 5.41) is 23.1. The van der Waals surface area contributed by atoms with Gasteiger partial charge in [0, 0.05) is 54.7 Å². The Labute approximate surface area is 244 Å². The van der Waals surface area contributed by atoms with Gasteiger partial charge < -0.3 is 15.0 Å². The first-order valence-corrected chi connectivity index (χ1v) is 14.7. The molecule has 2 aliphatic rings. The van der Waals surface area contributed by atoms with Crippen LogP contribution in [0.4, 0.5) is 11.4 Å². The molecular weight excluding hydrogens is 530 g/mol. The molecule has 4 aromatic rings. The summed E-state index contributed by atoms with van der Waals surface area (Å²) in [4.78, 5) is 35.7. The number of hydrogen-bond acceptors (Lipinski definition) is 6. The molecule has 0 radical (unpaired) electrons. The molecule has 42 heavy (non-hydrogen) atoms. The van der Waals surface area contributed by atoms with Crippen LogP contribution in [0.2, 0.25) is 0 Å². The highest BCUT2D eigenvalue weighted by Crippen LogP contribution is 2.34. The Hall–Kier alpha value is -4.50. The second-order valence-corrected chi connectivity index (χ2v) is 11.2. The third kappa shape index (κ3) is 6.06. The average Bonchev–Trinajstić information content (AvgIpc) is 3.63. The fourth-order valence-electron chi connectivity index (χ4n) is 5.98. The van der Waals surface area contributed by atoms with E-state index in [4.69, 9.17) is 4.99 Å². The van der Waals surface area contributed by atoms with Crippen molar-refractivity contribution in [1.82, 2.24) is 14.8 Å². The van der Waals surface area contributed by atoms with Crippen LogP contribution in [0.15, 0.2) is 71.7 Å². The minimum absolute atomic E-state index is 0.0593. The van der Waals surface area contributed by atoms with Crippen molar-refractivity contribution in [2.24, 2.45) is 4.99 Å². The number of nitrogens with zero attached hydrogens (tertiary/aromatic N) is 4. The largest absolute Gasteiger partial charge is 0.494 e. The standard InChI is InChI=1S/C33H35N5O4/c39-30-5-1-2-19-37(30)20-16-23-6-10-25(11-7-23)32(31-28-21-27(38(41)42)14-15-29(28)35-33(31)40)34-26-12-8-24(9-13-26)22-36-17-3-4-18-36/h6-15,21,35,40H,1-5,16-20,22H2. The summed E-state index contributed by atoms with van der Waals surface area (Å²) in [6, 6.07) is 20.6. The summed E-state index contributed by atoms with van der Waals surface area (Å²) >= 11 is 0. The van der Waals surface area contributed by atoms with Crippen molar-refractivity contribution in [3.05, 3.63) is 99.1 Å². The lowest BCUT2D eigenvalue weighted by molar-refractivity contribution is -0.384. The van der Waals surface area contributed by atoms with E-state index in [-0.39, 0.29) is 17.5 Å². The van der Waals surface area contributed by atoms with Crippen LogP contribution in [0, 0.1) is 10.1 Å². The number of aromatic amines is 1.